The summed E-state index contributed by atoms with van der Waals surface area (Å²) in [5.41, 5.74) is 0. The molecule has 0 N–H and O–H groups in total. The zero-order valence-corrected chi connectivity index (χ0v) is 11.3. The number of esters is 1. The van der Waals surface area contributed by atoms with E-state index < -0.39 is 21.0 Å². The Morgan fingerprint density at radius 2 is 1.94 bits per heavy atom. The maximum absolute atomic E-state index is 11.8. The third kappa shape index (κ3) is 3.19. The average Bonchev–Trinajstić information content (AvgIpc) is 2.36. The van der Waals surface area contributed by atoms with Crippen LogP contribution in [-0.2, 0) is 24.1 Å². The lowest BCUT2D eigenvalue weighted by Gasteiger charge is -2.33. The second kappa shape index (κ2) is 5.82. The van der Waals surface area contributed by atoms with E-state index in [0.29, 0.717) is 19.3 Å². The minimum absolute atomic E-state index is 0.114. The molecule has 5 nitrogen and oxygen atoms in total. The molecule has 1 aliphatic carbocycles. The Labute approximate surface area is 102 Å². The van der Waals surface area contributed by atoms with Crippen molar-refractivity contribution in [2.45, 2.75) is 37.5 Å². The number of carbonyl (C=O) groups is 1. The monoisotopic (exact) mass is 264 g/mol. The van der Waals surface area contributed by atoms with Crippen LogP contribution in [0, 0.1) is 5.92 Å². The standard InChI is InChI=1S/C11H20O5S/c1-4-17(13,14)8-5-6-10(15-2)9(7-8)11(12)16-3/h8-10H,4-7H2,1-3H3. The molecule has 100 valence electrons. The SMILES string of the molecule is CCS(=O)(=O)C1CCC(OC)C(C(=O)OC)C1. The van der Waals surface area contributed by atoms with Crippen LogP contribution in [-0.4, -0.2) is 45.7 Å². The second-order valence-electron chi connectivity index (χ2n) is 4.29. The van der Waals surface area contributed by atoms with E-state index in [2.05, 4.69) is 0 Å². The first-order chi connectivity index (χ1) is 7.96. The maximum atomic E-state index is 11.8. The summed E-state index contributed by atoms with van der Waals surface area (Å²) in [6.45, 7) is 1.63. The predicted octanol–water partition coefficient (Wildman–Crippen LogP) is 0.778. The molecule has 0 saturated heterocycles. The van der Waals surface area contributed by atoms with Crippen molar-refractivity contribution in [2.75, 3.05) is 20.0 Å². The first-order valence-corrected chi connectivity index (χ1v) is 7.50. The second-order valence-corrected chi connectivity index (χ2v) is 6.86. The Bertz CT molecular complexity index is 362. The lowest BCUT2D eigenvalue weighted by atomic mass is 9.86. The number of carbonyl (C=O) groups excluding carboxylic acids is 1. The molecular weight excluding hydrogens is 244 g/mol. The largest absolute Gasteiger partial charge is 0.469 e. The Kier molecular flexibility index (Phi) is 4.94. The number of methoxy groups -OCH3 is 2. The first-order valence-electron chi connectivity index (χ1n) is 5.78. The van der Waals surface area contributed by atoms with Gasteiger partial charge in [-0.25, -0.2) is 8.42 Å². The average molecular weight is 264 g/mol. The summed E-state index contributed by atoms with van der Waals surface area (Å²) in [5.74, 6) is -0.735. The zero-order valence-electron chi connectivity index (χ0n) is 10.5. The molecular formula is C11H20O5S. The highest BCUT2D eigenvalue weighted by Gasteiger charge is 2.40. The molecule has 0 amide bonds. The number of hydrogen-bond acceptors (Lipinski definition) is 5. The molecule has 0 aromatic carbocycles. The minimum atomic E-state index is -3.09. The molecule has 0 aromatic rings. The smallest absolute Gasteiger partial charge is 0.311 e. The molecule has 0 radical (unpaired) electrons. The van der Waals surface area contributed by atoms with Crippen molar-refractivity contribution in [1.82, 2.24) is 0 Å². The first kappa shape index (κ1) is 14.4. The van der Waals surface area contributed by atoms with Crippen LogP contribution in [0.25, 0.3) is 0 Å². The molecule has 6 heteroatoms. The number of rotatable bonds is 4. The molecule has 0 aliphatic heterocycles. The Morgan fingerprint density at radius 1 is 1.29 bits per heavy atom. The van der Waals surface area contributed by atoms with E-state index in [1.807, 2.05) is 0 Å². The van der Waals surface area contributed by atoms with Gasteiger partial charge in [-0.1, -0.05) is 6.92 Å². The van der Waals surface area contributed by atoms with Crippen LogP contribution in [0.2, 0.25) is 0 Å². The van der Waals surface area contributed by atoms with Crippen LogP contribution in [0.3, 0.4) is 0 Å². The highest BCUT2D eigenvalue weighted by Crippen LogP contribution is 2.31. The third-order valence-corrected chi connectivity index (χ3v) is 5.70. The fourth-order valence-electron chi connectivity index (χ4n) is 2.35. The van der Waals surface area contributed by atoms with E-state index in [1.165, 1.54) is 14.2 Å². The quantitative estimate of drug-likeness (QED) is 0.702. The number of hydrogen-bond donors (Lipinski definition) is 0. The maximum Gasteiger partial charge on any atom is 0.311 e. The summed E-state index contributed by atoms with van der Waals surface area (Å²) in [6.07, 6.45) is 1.22. The van der Waals surface area contributed by atoms with E-state index in [1.54, 1.807) is 6.92 Å². The van der Waals surface area contributed by atoms with Gasteiger partial charge < -0.3 is 9.47 Å². The fourth-order valence-corrected chi connectivity index (χ4v) is 3.81. The van der Waals surface area contributed by atoms with Gasteiger partial charge in [0.05, 0.1) is 24.4 Å². The Balaban J connectivity index is 2.83. The van der Waals surface area contributed by atoms with Gasteiger partial charge in [0.25, 0.3) is 0 Å². The van der Waals surface area contributed by atoms with Crippen molar-refractivity contribution in [3.05, 3.63) is 0 Å². The predicted molar refractivity (Wildman–Crippen MR) is 63.4 cm³/mol. The van der Waals surface area contributed by atoms with Crippen LogP contribution in [0.1, 0.15) is 26.2 Å². The zero-order chi connectivity index (χ0) is 13.1. The Hall–Kier alpha value is -0.620. The van der Waals surface area contributed by atoms with E-state index in [-0.39, 0.29) is 17.8 Å². The van der Waals surface area contributed by atoms with Crippen LogP contribution in [0.15, 0.2) is 0 Å². The molecule has 1 rings (SSSR count). The molecule has 3 atom stereocenters. The van der Waals surface area contributed by atoms with Gasteiger partial charge >= 0.3 is 5.97 Å². The van der Waals surface area contributed by atoms with Crippen molar-refractivity contribution in [3.8, 4) is 0 Å². The van der Waals surface area contributed by atoms with Gasteiger partial charge in [-0.2, -0.15) is 0 Å². The van der Waals surface area contributed by atoms with Crippen molar-refractivity contribution < 1.29 is 22.7 Å². The lowest BCUT2D eigenvalue weighted by Crippen LogP contribution is -2.41. The van der Waals surface area contributed by atoms with E-state index in [0.717, 1.165) is 0 Å². The van der Waals surface area contributed by atoms with E-state index in [4.69, 9.17) is 9.47 Å². The van der Waals surface area contributed by atoms with E-state index >= 15 is 0 Å². The molecule has 0 heterocycles. The molecule has 0 aromatic heterocycles. The van der Waals surface area contributed by atoms with Gasteiger partial charge in [0.2, 0.25) is 0 Å². The number of ether oxygens (including phenoxy) is 2. The molecule has 1 fully saturated rings. The summed E-state index contributed by atoms with van der Waals surface area (Å²) >= 11 is 0. The minimum Gasteiger partial charge on any atom is -0.469 e. The van der Waals surface area contributed by atoms with Gasteiger partial charge in [-0.3, -0.25) is 4.79 Å². The number of sulfone groups is 1. The highest BCUT2D eigenvalue weighted by molar-refractivity contribution is 7.92. The lowest BCUT2D eigenvalue weighted by molar-refractivity contribution is -0.152. The van der Waals surface area contributed by atoms with Crippen LogP contribution in [0.5, 0.6) is 0 Å². The van der Waals surface area contributed by atoms with Crippen LogP contribution < -0.4 is 0 Å². The Morgan fingerprint density at radius 3 is 2.41 bits per heavy atom. The summed E-state index contributed by atoms with van der Waals surface area (Å²) in [7, 11) is -0.241. The molecule has 1 aliphatic rings. The molecule has 0 spiro atoms. The van der Waals surface area contributed by atoms with Crippen molar-refractivity contribution in [1.29, 1.82) is 0 Å². The molecule has 1 saturated carbocycles. The summed E-state index contributed by atoms with van der Waals surface area (Å²) in [6, 6.07) is 0. The summed E-state index contributed by atoms with van der Waals surface area (Å²) in [5, 5.41) is -0.442. The molecule has 0 bridgehead atoms. The van der Waals surface area contributed by atoms with Gasteiger partial charge in [0.1, 0.15) is 0 Å². The fraction of sp³-hybridized carbons (Fsp3) is 0.909. The van der Waals surface area contributed by atoms with Crippen molar-refractivity contribution in [3.63, 3.8) is 0 Å². The van der Waals surface area contributed by atoms with Gasteiger partial charge in [-0.15, -0.1) is 0 Å². The molecule has 17 heavy (non-hydrogen) atoms. The van der Waals surface area contributed by atoms with Crippen LogP contribution in [0.4, 0.5) is 0 Å². The van der Waals surface area contributed by atoms with Gasteiger partial charge in [-0.05, 0) is 19.3 Å². The van der Waals surface area contributed by atoms with E-state index in [9.17, 15) is 13.2 Å². The van der Waals surface area contributed by atoms with Crippen molar-refractivity contribution in [2.24, 2.45) is 5.92 Å². The normalized spacial score (nSPS) is 29.9. The third-order valence-electron chi connectivity index (χ3n) is 3.46. The topological polar surface area (TPSA) is 69.7 Å². The molecule has 3 unspecified atom stereocenters. The van der Waals surface area contributed by atoms with Gasteiger partial charge in [0.15, 0.2) is 9.84 Å². The van der Waals surface area contributed by atoms with Crippen LogP contribution >= 0.6 is 0 Å². The van der Waals surface area contributed by atoms with Crippen molar-refractivity contribution >= 4 is 15.8 Å². The summed E-state index contributed by atoms with van der Waals surface area (Å²) in [4.78, 5) is 11.6. The highest BCUT2D eigenvalue weighted by atomic mass is 32.2. The summed E-state index contributed by atoms with van der Waals surface area (Å²) < 4.78 is 33.6. The van der Waals surface area contributed by atoms with Gasteiger partial charge in [0, 0.05) is 12.9 Å².